The molecule has 0 saturated heterocycles. The maximum Gasteiger partial charge on any atom is 0.343 e. The van der Waals surface area contributed by atoms with E-state index in [1.807, 2.05) is 36.4 Å². The lowest BCUT2D eigenvalue weighted by Gasteiger charge is -2.06. The zero-order valence-corrected chi connectivity index (χ0v) is 13.1. The van der Waals surface area contributed by atoms with Crippen molar-refractivity contribution in [1.82, 2.24) is 4.98 Å². The Bertz CT molecular complexity index is 1050. The van der Waals surface area contributed by atoms with Crippen molar-refractivity contribution in [3.05, 3.63) is 72.3 Å². The Balaban J connectivity index is 1.68. The van der Waals surface area contributed by atoms with Crippen molar-refractivity contribution in [3.8, 4) is 11.5 Å². The zero-order chi connectivity index (χ0) is 16.5. The third-order valence-corrected chi connectivity index (χ3v) is 3.99. The summed E-state index contributed by atoms with van der Waals surface area (Å²) in [4.78, 5) is 15.7. The number of para-hydroxylation sites is 1. The Kier molecular flexibility index (Phi) is 3.43. The predicted molar refractivity (Wildman–Crippen MR) is 93.8 cm³/mol. The standard InChI is InChI=1S/C20H15NO3/c1-23-14-6-4-5-13(11-14)20(22)24-15-9-10-19-17(12-15)16-7-2-3-8-18(16)21-19/h2-12,21H,1H3. The first-order valence-corrected chi connectivity index (χ1v) is 7.61. The van der Waals surface area contributed by atoms with Crippen LogP contribution in [0.3, 0.4) is 0 Å². The van der Waals surface area contributed by atoms with Crippen LogP contribution in [0.4, 0.5) is 0 Å². The number of hydrogen-bond donors (Lipinski definition) is 1. The molecule has 4 nitrogen and oxygen atoms in total. The van der Waals surface area contributed by atoms with Gasteiger partial charge in [0, 0.05) is 21.8 Å². The van der Waals surface area contributed by atoms with E-state index in [1.54, 1.807) is 37.4 Å². The van der Waals surface area contributed by atoms with Crippen molar-refractivity contribution < 1.29 is 14.3 Å². The van der Waals surface area contributed by atoms with Gasteiger partial charge in [-0.3, -0.25) is 0 Å². The lowest BCUT2D eigenvalue weighted by molar-refractivity contribution is 0.0734. The molecule has 0 aliphatic heterocycles. The highest BCUT2D eigenvalue weighted by Crippen LogP contribution is 2.29. The van der Waals surface area contributed by atoms with E-state index in [4.69, 9.17) is 9.47 Å². The maximum atomic E-state index is 12.3. The van der Waals surface area contributed by atoms with Gasteiger partial charge in [-0.2, -0.15) is 0 Å². The van der Waals surface area contributed by atoms with E-state index in [1.165, 1.54) is 0 Å². The zero-order valence-electron chi connectivity index (χ0n) is 13.1. The fourth-order valence-corrected chi connectivity index (χ4v) is 2.81. The number of hydrogen-bond acceptors (Lipinski definition) is 3. The number of benzene rings is 3. The molecule has 4 rings (SSSR count). The molecule has 0 spiro atoms. The van der Waals surface area contributed by atoms with Crippen LogP contribution in [-0.4, -0.2) is 18.1 Å². The van der Waals surface area contributed by atoms with Gasteiger partial charge in [0.15, 0.2) is 0 Å². The second kappa shape index (κ2) is 5.74. The summed E-state index contributed by atoms with van der Waals surface area (Å²) in [5.74, 6) is 0.727. The molecule has 0 saturated carbocycles. The number of nitrogens with one attached hydrogen (secondary N) is 1. The molecule has 1 aromatic heterocycles. The Morgan fingerprint density at radius 3 is 2.54 bits per heavy atom. The van der Waals surface area contributed by atoms with Gasteiger partial charge in [0.05, 0.1) is 12.7 Å². The van der Waals surface area contributed by atoms with Gasteiger partial charge in [0.25, 0.3) is 0 Å². The number of carbonyl (C=O) groups is 1. The summed E-state index contributed by atoms with van der Waals surface area (Å²) in [6, 6.07) is 20.5. The molecule has 0 amide bonds. The summed E-state index contributed by atoms with van der Waals surface area (Å²) < 4.78 is 10.7. The van der Waals surface area contributed by atoms with E-state index in [0.29, 0.717) is 17.1 Å². The summed E-state index contributed by atoms with van der Waals surface area (Å²) in [7, 11) is 1.56. The fraction of sp³-hybridized carbons (Fsp3) is 0.0500. The van der Waals surface area contributed by atoms with Crippen LogP contribution in [0.1, 0.15) is 10.4 Å². The number of carbonyl (C=O) groups excluding carboxylic acids is 1. The van der Waals surface area contributed by atoms with Crippen molar-refractivity contribution in [3.63, 3.8) is 0 Å². The maximum absolute atomic E-state index is 12.3. The number of ether oxygens (including phenoxy) is 2. The number of rotatable bonds is 3. The van der Waals surface area contributed by atoms with E-state index >= 15 is 0 Å². The highest BCUT2D eigenvalue weighted by atomic mass is 16.5. The molecule has 0 fully saturated rings. The van der Waals surface area contributed by atoms with E-state index in [-0.39, 0.29) is 0 Å². The normalized spacial score (nSPS) is 10.9. The molecule has 0 radical (unpaired) electrons. The average Bonchev–Trinajstić information content (AvgIpc) is 3.00. The molecule has 0 unspecified atom stereocenters. The lowest BCUT2D eigenvalue weighted by atomic mass is 10.1. The smallest absolute Gasteiger partial charge is 0.343 e. The van der Waals surface area contributed by atoms with Crippen molar-refractivity contribution >= 4 is 27.8 Å². The predicted octanol–water partition coefficient (Wildman–Crippen LogP) is 4.55. The molecule has 0 atom stereocenters. The molecule has 4 heteroatoms. The highest BCUT2D eigenvalue weighted by molar-refractivity contribution is 6.07. The number of aromatic nitrogens is 1. The summed E-state index contributed by atoms with van der Waals surface area (Å²) in [6.45, 7) is 0. The monoisotopic (exact) mass is 317 g/mol. The molecule has 1 N–H and O–H groups in total. The van der Waals surface area contributed by atoms with Gasteiger partial charge in [0.2, 0.25) is 0 Å². The van der Waals surface area contributed by atoms with Gasteiger partial charge >= 0.3 is 5.97 Å². The van der Waals surface area contributed by atoms with Gasteiger partial charge in [0.1, 0.15) is 11.5 Å². The summed E-state index contributed by atoms with van der Waals surface area (Å²) in [5, 5.41) is 2.13. The molecular formula is C20H15NO3. The van der Waals surface area contributed by atoms with E-state index < -0.39 is 5.97 Å². The minimum atomic E-state index is -0.409. The number of esters is 1. The van der Waals surface area contributed by atoms with Crippen LogP contribution in [0, 0.1) is 0 Å². The van der Waals surface area contributed by atoms with Crippen LogP contribution < -0.4 is 9.47 Å². The van der Waals surface area contributed by atoms with Gasteiger partial charge in [-0.25, -0.2) is 4.79 Å². The summed E-state index contributed by atoms with van der Waals surface area (Å²) >= 11 is 0. The Morgan fingerprint density at radius 2 is 1.67 bits per heavy atom. The van der Waals surface area contributed by atoms with Crippen LogP contribution in [-0.2, 0) is 0 Å². The van der Waals surface area contributed by atoms with Crippen LogP contribution in [0.2, 0.25) is 0 Å². The number of aromatic amines is 1. The number of fused-ring (bicyclic) bond motifs is 3. The molecule has 1 heterocycles. The van der Waals surface area contributed by atoms with Crippen molar-refractivity contribution in [2.45, 2.75) is 0 Å². The molecule has 4 aromatic rings. The third-order valence-electron chi connectivity index (χ3n) is 3.99. The molecule has 0 aliphatic rings. The number of H-pyrrole nitrogens is 1. The Labute approximate surface area is 138 Å². The average molecular weight is 317 g/mol. The first-order chi connectivity index (χ1) is 11.7. The Morgan fingerprint density at radius 1 is 0.833 bits per heavy atom. The second-order valence-electron chi connectivity index (χ2n) is 5.50. The van der Waals surface area contributed by atoms with Crippen LogP contribution >= 0.6 is 0 Å². The van der Waals surface area contributed by atoms with Crippen LogP contribution in [0.5, 0.6) is 11.5 Å². The summed E-state index contributed by atoms with van der Waals surface area (Å²) in [5.41, 5.74) is 2.52. The highest BCUT2D eigenvalue weighted by Gasteiger charge is 2.11. The van der Waals surface area contributed by atoms with Gasteiger partial charge < -0.3 is 14.5 Å². The van der Waals surface area contributed by atoms with Gasteiger partial charge in [-0.05, 0) is 42.5 Å². The minimum Gasteiger partial charge on any atom is -0.497 e. The first-order valence-electron chi connectivity index (χ1n) is 7.61. The first kappa shape index (κ1) is 14.3. The second-order valence-corrected chi connectivity index (χ2v) is 5.50. The lowest BCUT2D eigenvalue weighted by Crippen LogP contribution is -2.08. The topological polar surface area (TPSA) is 51.3 Å². The molecule has 118 valence electrons. The van der Waals surface area contributed by atoms with Crippen LogP contribution in [0.15, 0.2) is 66.7 Å². The number of methoxy groups -OCH3 is 1. The molecule has 0 bridgehead atoms. The minimum absolute atomic E-state index is 0.409. The Hall–Kier alpha value is -3.27. The van der Waals surface area contributed by atoms with Gasteiger partial charge in [-0.15, -0.1) is 0 Å². The van der Waals surface area contributed by atoms with Crippen molar-refractivity contribution in [1.29, 1.82) is 0 Å². The van der Waals surface area contributed by atoms with Crippen molar-refractivity contribution in [2.24, 2.45) is 0 Å². The van der Waals surface area contributed by atoms with E-state index in [9.17, 15) is 4.79 Å². The fourth-order valence-electron chi connectivity index (χ4n) is 2.81. The van der Waals surface area contributed by atoms with E-state index in [0.717, 1.165) is 21.8 Å². The third kappa shape index (κ3) is 2.48. The quantitative estimate of drug-likeness (QED) is 0.445. The largest absolute Gasteiger partial charge is 0.497 e. The summed E-state index contributed by atoms with van der Waals surface area (Å²) in [6.07, 6.45) is 0. The molecule has 0 aliphatic carbocycles. The van der Waals surface area contributed by atoms with Crippen molar-refractivity contribution in [2.75, 3.05) is 7.11 Å². The van der Waals surface area contributed by atoms with Crippen LogP contribution in [0.25, 0.3) is 21.8 Å². The molecular weight excluding hydrogens is 302 g/mol. The van der Waals surface area contributed by atoms with E-state index in [2.05, 4.69) is 4.98 Å². The van der Waals surface area contributed by atoms with Gasteiger partial charge in [-0.1, -0.05) is 24.3 Å². The SMILES string of the molecule is COc1cccc(C(=O)Oc2ccc3[nH]c4ccccc4c3c2)c1. The molecule has 24 heavy (non-hydrogen) atoms. The molecule has 3 aromatic carbocycles.